The van der Waals surface area contributed by atoms with Crippen molar-refractivity contribution in [2.45, 2.75) is 96.7 Å². The minimum Gasteiger partial charge on any atom is -0.313 e. The summed E-state index contributed by atoms with van der Waals surface area (Å²) in [6, 6.07) is 2.42. The molecule has 2 heteroatoms. The lowest BCUT2D eigenvalue weighted by Gasteiger charge is -2.48. The van der Waals surface area contributed by atoms with E-state index in [0.717, 1.165) is 30.6 Å². The quantitative estimate of drug-likeness (QED) is 0.784. The van der Waals surface area contributed by atoms with E-state index >= 15 is 0 Å². The van der Waals surface area contributed by atoms with E-state index < -0.39 is 0 Å². The SMILES string of the molecule is CCCC1CCC(NCC)C(N2CCCCC2CC)C1. The molecule has 4 atom stereocenters. The van der Waals surface area contributed by atoms with Crippen LogP contribution in [0.2, 0.25) is 0 Å². The Morgan fingerprint density at radius 3 is 2.60 bits per heavy atom. The zero-order valence-electron chi connectivity index (χ0n) is 14.0. The van der Waals surface area contributed by atoms with Crippen molar-refractivity contribution in [1.29, 1.82) is 0 Å². The van der Waals surface area contributed by atoms with Crippen LogP contribution in [0.15, 0.2) is 0 Å². The minimum atomic E-state index is 0.750. The van der Waals surface area contributed by atoms with Gasteiger partial charge in [-0.15, -0.1) is 0 Å². The highest BCUT2D eigenvalue weighted by Gasteiger charge is 2.36. The number of piperidine rings is 1. The largest absolute Gasteiger partial charge is 0.313 e. The summed E-state index contributed by atoms with van der Waals surface area (Å²) < 4.78 is 0. The van der Waals surface area contributed by atoms with Gasteiger partial charge in [0, 0.05) is 18.1 Å². The van der Waals surface area contributed by atoms with Gasteiger partial charge >= 0.3 is 0 Å². The minimum absolute atomic E-state index is 0.750. The third-order valence-corrected chi connectivity index (χ3v) is 5.66. The van der Waals surface area contributed by atoms with Crippen molar-refractivity contribution in [2.75, 3.05) is 13.1 Å². The summed E-state index contributed by atoms with van der Waals surface area (Å²) in [7, 11) is 0. The first-order chi connectivity index (χ1) is 9.80. The number of nitrogens with zero attached hydrogens (tertiary/aromatic N) is 1. The molecule has 2 fully saturated rings. The molecule has 0 bridgehead atoms. The van der Waals surface area contributed by atoms with Crippen molar-refractivity contribution < 1.29 is 0 Å². The van der Waals surface area contributed by atoms with E-state index in [2.05, 4.69) is 31.0 Å². The van der Waals surface area contributed by atoms with Crippen molar-refractivity contribution in [3.05, 3.63) is 0 Å². The Morgan fingerprint density at radius 1 is 1.05 bits per heavy atom. The van der Waals surface area contributed by atoms with Gasteiger partial charge in [0.25, 0.3) is 0 Å². The van der Waals surface area contributed by atoms with Gasteiger partial charge in [-0.05, 0) is 57.5 Å². The lowest BCUT2D eigenvalue weighted by molar-refractivity contribution is 0.0344. The third-order valence-electron chi connectivity index (χ3n) is 5.66. The standard InChI is InChI=1S/C18H36N2/c1-4-9-15-11-12-17(19-6-3)18(14-15)20-13-8-7-10-16(20)5-2/h15-19H,4-14H2,1-3H3. The van der Waals surface area contributed by atoms with E-state index in [1.165, 1.54) is 64.3 Å². The van der Waals surface area contributed by atoms with Crippen LogP contribution >= 0.6 is 0 Å². The summed E-state index contributed by atoms with van der Waals surface area (Å²) in [6.45, 7) is 9.48. The van der Waals surface area contributed by atoms with E-state index in [-0.39, 0.29) is 0 Å². The second-order valence-electron chi connectivity index (χ2n) is 6.99. The van der Waals surface area contributed by atoms with Crippen LogP contribution in [-0.4, -0.2) is 36.1 Å². The Kier molecular flexibility index (Phi) is 6.83. The van der Waals surface area contributed by atoms with Crippen LogP contribution in [0.5, 0.6) is 0 Å². The molecule has 1 N–H and O–H groups in total. The maximum atomic E-state index is 3.80. The fourth-order valence-electron chi connectivity index (χ4n) is 4.67. The molecule has 1 saturated carbocycles. The molecule has 0 spiro atoms. The molecule has 2 aliphatic rings. The molecule has 0 radical (unpaired) electrons. The summed E-state index contributed by atoms with van der Waals surface area (Å²) in [5, 5.41) is 3.80. The molecular formula is C18H36N2. The maximum Gasteiger partial charge on any atom is 0.0254 e. The van der Waals surface area contributed by atoms with Crippen LogP contribution < -0.4 is 5.32 Å². The molecule has 4 unspecified atom stereocenters. The first kappa shape index (κ1) is 16.3. The van der Waals surface area contributed by atoms with Crippen LogP contribution in [0.1, 0.15) is 78.6 Å². The summed E-state index contributed by atoms with van der Waals surface area (Å²) in [6.07, 6.45) is 12.7. The molecule has 2 rings (SSSR count). The van der Waals surface area contributed by atoms with Gasteiger partial charge in [0.2, 0.25) is 0 Å². The van der Waals surface area contributed by atoms with Gasteiger partial charge in [0.1, 0.15) is 0 Å². The average molecular weight is 280 g/mol. The number of likely N-dealkylation sites (tertiary alicyclic amines) is 1. The van der Waals surface area contributed by atoms with E-state index in [4.69, 9.17) is 0 Å². The molecule has 2 nitrogen and oxygen atoms in total. The van der Waals surface area contributed by atoms with E-state index in [0.29, 0.717) is 0 Å². The van der Waals surface area contributed by atoms with Gasteiger partial charge < -0.3 is 5.32 Å². The Bertz CT molecular complexity index is 266. The highest BCUT2D eigenvalue weighted by atomic mass is 15.2. The Hall–Kier alpha value is -0.0800. The number of likely N-dealkylation sites (N-methyl/N-ethyl adjacent to an activating group) is 1. The van der Waals surface area contributed by atoms with Gasteiger partial charge in [-0.1, -0.05) is 40.0 Å². The highest BCUT2D eigenvalue weighted by molar-refractivity contribution is 4.94. The maximum absolute atomic E-state index is 3.80. The lowest BCUT2D eigenvalue weighted by atomic mass is 9.78. The van der Waals surface area contributed by atoms with Crippen molar-refractivity contribution in [3.63, 3.8) is 0 Å². The lowest BCUT2D eigenvalue weighted by Crippen LogP contribution is -2.57. The highest BCUT2D eigenvalue weighted by Crippen LogP contribution is 2.34. The summed E-state index contributed by atoms with van der Waals surface area (Å²) in [4.78, 5) is 2.90. The molecule has 1 heterocycles. The summed E-state index contributed by atoms with van der Waals surface area (Å²) in [5.74, 6) is 0.985. The Balaban J connectivity index is 2.04. The molecule has 1 aliphatic heterocycles. The van der Waals surface area contributed by atoms with Crippen molar-refractivity contribution >= 4 is 0 Å². The van der Waals surface area contributed by atoms with Crippen LogP contribution in [0, 0.1) is 5.92 Å². The van der Waals surface area contributed by atoms with Gasteiger partial charge in [0.05, 0.1) is 0 Å². The number of nitrogens with one attached hydrogen (secondary N) is 1. The molecule has 0 aromatic carbocycles. The van der Waals surface area contributed by atoms with Gasteiger partial charge in [0.15, 0.2) is 0 Å². The van der Waals surface area contributed by atoms with Crippen LogP contribution in [-0.2, 0) is 0 Å². The van der Waals surface area contributed by atoms with Gasteiger partial charge in [-0.2, -0.15) is 0 Å². The Labute approximate surface area is 126 Å². The summed E-state index contributed by atoms with van der Waals surface area (Å²) >= 11 is 0. The summed E-state index contributed by atoms with van der Waals surface area (Å²) in [5.41, 5.74) is 0. The van der Waals surface area contributed by atoms with Gasteiger partial charge in [-0.25, -0.2) is 0 Å². The monoisotopic (exact) mass is 280 g/mol. The van der Waals surface area contributed by atoms with Crippen molar-refractivity contribution in [1.82, 2.24) is 10.2 Å². The molecule has 0 aromatic heterocycles. The topological polar surface area (TPSA) is 15.3 Å². The number of hydrogen-bond acceptors (Lipinski definition) is 2. The zero-order valence-corrected chi connectivity index (χ0v) is 14.0. The number of hydrogen-bond donors (Lipinski definition) is 1. The smallest absolute Gasteiger partial charge is 0.0254 e. The van der Waals surface area contributed by atoms with Crippen LogP contribution in [0.3, 0.4) is 0 Å². The third kappa shape index (κ3) is 3.98. The molecule has 0 aromatic rings. The Morgan fingerprint density at radius 2 is 1.90 bits per heavy atom. The predicted octanol–water partition coefficient (Wildman–Crippen LogP) is 4.20. The molecule has 118 valence electrons. The van der Waals surface area contributed by atoms with E-state index in [1.807, 2.05) is 0 Å². The fraction of sp³-hybridized carbons (Fsp3) is 1.00. The first-order valence-corrected chi connectivity index (χ1v) is 9.29. The second-order valence-corrected chi connectivity index (χ2v) is 6.99. The second kappa shape index (κ2) is 8.38. The normalized spacial score (nSPS) is 36.1. The molecule has 20 heavy (non-hydrogen) atoms. The number of rotatable bonds is 6. The molecule has 1 aliphatic carbocycles. The predicted molar refractivity (Wildman–Crippen MR) is 88.1 cm³/mol. The zero-order chi connectivity index (χ0) is 14.4. The van der Waals surface area contributed by atoms with Gasteiger partial charge in [-0.3, -0.25) is 4.90 Å². The molecule has 1 saturated heterocycles. The van der Waals surface area contributed by atoms with E-state index in [1.54, 1.807) is 0 Å². The van der Waals surface area contributed by atoms with Crippen LogP contribution in [0.4, 0.5) is 0 Å². The van der Waals surface area contributed by atoms with Crippen LogP contribution in [0.25, 0.3) is 0 Å². The van der Waals surface area contributed by atoms with Crippen molar-refractivity contribution in [3.8, 4) is 0 Å². The van der Waals surface area contributed by atoms with E-state index in [9.17, 15) is 0 Å². The molecule has 0 amide bonds. The first-order valence-electron chi connectivity index (χ1n) is 9.29. The van der Waals surface area contributed by atoms with Crippen molar-refractivity contribution in [2.24, 2.45) is 5.92 Å². The molecular weight excluding hydrogens is 244 g/mol. The fourth-order valence-corrected chi connectivity index (χ4v) is 4.67. The average Bonchev–Trinajstić information content (AvgIpc) is 2.49.